The largest absolute Gasteiger partial charge is 0.310 e. The monoisotopic (exact) mass is 280 g/mol. The van der Waals surface area contributed by atoms with Crippen LogP contribution in [0.2, 0.25) is 0 Å². The van der Waals surface area contributed by atoms with Crippen LogP contribution in [0.15, 0.2) is 18.2 Å². The van der Waals surface area contributed by atoms with E-state index in [1.807, 2.05) is 0 Å². The number of nitro benzene ring substituents is 1. The molecule has 1 aromatic rings. The summed E-state index contributed by atoms with van der Waals surface area (Å²) in [6.45, 7) is 4.96. The van der Waals surface area contributed by atoms with Crippen LogP contribution in [0, 0.1) is 27.8 Å². The van der Waals surface area contributed by atoms with Crippen molar-refractivity contribution in [3.05, 3.63) is 39.7 Å². The van der Waals surface area contributed by atoms with E-state index in [0.717, 1.165) is 12.5 Å². The standard InChI is InChI=1S/C15H21FN2O2/c1-10-4-3-5-15(11(10)2)17-9-12-6-13(16)8-14(7-12)18(19)20/h6-8,10-11,15,17H,3-5,9H2,1-2H3. The van der Waals surface area contributed by atoms with Gasteiger partial charge in [0.05, 0.1) is 11.0 Å². The molecule has 1 N–H and O–H groups in total. The molecule has 0 aliphatic heterocycles. The highest BCUT2D eigenvalue weighted by Crippen LogP contribution is 2.29. The van der Waals surface area contributed by atoms with Crippen LogP contribution in [-0.2, 0) is 6.54 Å². The molecule has 0 heterocycles. The van der Waals surface area contributed by atoms with Crippen LogP contribution < -0.4 is 5.32 Å². The van der Waals surface area contributed by atoms with Gasteiger partial charge in [0.2, 0.25) is 0 Å². The van der Waals surface area contributed by atoms with E-state index in [4.69, 9.17) is 0 Å². The molecule has 2 rings (SSSR count). The molecule has 0 spiro atoms. The molecular weight excluding hydrogens is 259 g/mol. The second-order valence-corrected chi connectivity index (χ2v) is 5.83. The van der Waals surface area contributed by atoms with Crippen molar-refractivity contribution in [1.82, 2.24) is 5.32 Å². The molecule has 0 radical (unpaired) electrons. The quantitative estimate of drug-likeness (QED) is 0.676. The minimum absolute atomic E-state index is 0.188. The third-order valence-electron chi connectivity index (χ3n) is 4.43. The van der Waals surface area contributed by atoms with Gasteiger partial charge in [-0.15, -0.1) is 0 Å². The molecule has 5 heteroatoms. The van der Waals surface area contributed by atoms with Gasteiger partial charge in [-0.25, -0.2) is 4.39 Å². The van der Waals surface area contributed by atoms with Crippen molar-refractivity contribution in [3.8, 4) is 0 Å². The van der Waals surface area contributed by atoms with Crippen LogP contribution in [0.1, 0.15) is 38.7 Å². The first-order valence-corrected chi connectivity index (χ1v) is 7.14. The molecule has 1 aromatic carbocycles. The van der Waals surface area contributed by atoms with Gasteiger partial charge in [-0.1, -0.05) is 26.7 Å². The predicted molar refractivity (Wildman–Crippen MR) is 75.9 cm³/mol. The number of hydrogen-bond donors (Lipinski definition) is 1. The van der Waals surface area contributed by atoms with E-state index in [2.05, 4.69) is 19.2 Å². The zero-order chi connectivity index (χ0) is 14.7. The molecule has 0 amide bonds. The minimum Gasteiger partial charge on any atom is -0.310 e. The Balaban J connectivity index is 2.01. The first kappa shape index (κ1) is 14.9. The molecule has 0 aromatic heterocycles. The summed E-state index contributed by atoms with van der Waals surface area (Å²) in [5, 5.41) is 14.1. The Bertz CT molecular complexity index is 493. The highest BCUT2D eigenvalue weighted by molar-refractivity contribution is 5.35. The second kappa shape index (κ2) is 6.31. The first-order valence-electron chi connectivity index (χ1n) is 7.14. The molecule has 1 saturated carbocycles. The van der Waals surface area contributed by atoms with Gasteiger partial charge in [-0.2, -0.15) is 0 Å². The lowest BCUT2D eigenvalue weighted by Crippen LogP contribution is -2.40. The van der Waals surface area contributed by atoms with Crippen LogP contribution in [0.4, 0.5) is 10.1 Å². The molecule has 4 nitrogen and oxygen atoms in total. The predicted octanol–water partition coefficient (Wildman–Crippen LogP) is 3.65. The van der Waals surface area contributed by atoms with Gasteiger partial charge in [0.25, 0.3) is 5.69 Å². The molecule has 0 bridgehead atoms. The van der Waals surface area contributed by atoms with E-state index in [1.54, 1.807) is 0 Å². The maximum Gasteiger partial charge on any atom is 0.272 e. The molecule has 1 aliphatic rings. The zero-order valence-corrected chi connectivity index (χ0v) is 11.9. The SMILES string of the molecule is CC1CCCC(NCc2cc(F)cc([N+](=O)[O-])c2)C1C. The van der Waals surface area contributed by atoms with Crippen molar-refractivity contribution in [2.45, 2.75) is 45.7 Å². The summed E-state index contributed by atoms with van der Waals surface area (Å²) in [6, 6.07) is 4.15. The molecule has 3 unspecified atom stereocenters. The van der Waals surface area contributed by atoms with Crippen molar-refractivity contribution in [1.29, 1.82) is 0 Å². The van der Waals surface area contributed by atoms with Gasteiger partial charge in [0.15, 0.2) is 0 Å². The van der Waals surface area contributed by atoms with Gasteiger partial charge in [0.1, 0.15) is 5.82 Å². The summed E-state index contributed by atoms with van der Waals surface area (Å²) in [5.74, 6) is 0.705. The number of nitro groups is 1. The fourth-order valence-electron chi connectivity index (χ4n) is 2.96. The Kier molecular flexibility index (Phi) is 4.70. The second-order valence-electron chi connectivity index (χ2n) is 5.83. The topological polar surface area (TPSA) is 55.2 Å². The smallest absolute Gasteiger partial charge is 0.272 e. The van der Waals surface area contributed by atoms with E-state index in [-0.39, 0.29) is 5.69 Å². The van der Waals surface area contributed by atoms with Crippen LogP contribution >= 0.6 is 0 Å². The Labute approximate surface area is 118 Å². The molecule has 110 valence electrons. The van der Waals surface area contributed by atoms with Crippen LogP contribution in [-0.4, -0.2) is 11.0 Å². The Morgan fingerprint density at radius 2 is 2.10 bits per heavy atom. The average Bonchev–Trinajstić information content (AvgIpc) is 2.40. The van der Waals surface area contributed by atoms with Crippen molar-refractivity contribution in [2.75, 3.05) is 0 Å². The van der Waals surface area contributed by atoms with Crippen LogP contribution in [0.3, 0.4) is 0 Å². The summed E-state index contributed by atoms with van der Waals surface area (Å²) >= 11 is 0. The lowest BCUT2D eigenvalue weighted by atomic mass is 9.78. The number of hydrogen-bond acceptors (Lipinski definition) is 3. The third-order valence-corrected chi connectivity index (χ3v) is 4.43. The van der Waals surface area contributed by atoms with Crippen molar-refractivity contribution in [3.63, 3.8) is 0 Å². The number of rotatable bonds is 4. The maximum absolute atomic E-state index is 13.4. The number of halogens is 1. The normalized spacial score (nSPS) is 26.4. The van der Waals surface area contributed by atoms with E-state index in [0.29, 0.717) is 30.0 Å². The molecule has 3 atom stereocenters. The molecule has 0 saturated heterocycles. The summed E-state index contributed by atoms with van der Waals surface area (Å²) in [6.07, 6.45) is 3.57. The number of nitrogens with zero attached hydrogens (tertiary/aromatic N) is 1. The summed E-state index contributed by atoms with van der Waals surface area (Å²) in [7, 11) is 0. The first-order chi connectivity index (χ1) is 9.47. The van der Waals surface area contributed by atoms with Crippen molar-refractivity contribution >= 4 is 5.69 Å². The van der Waals surface area contributed by atoms with Gasteiger partial charge < -0.3 is 5.32 Å². The van der Waals surface area contributed by atoms with Gasteiger partial charge in [-0.05, 0) is 29.9 Å². The molecular formula is C15H21FN2O2. The van der Waals surface area contributed by atoms with Crippen molar-refractivity contribution < 1.29 is 9.31 Å². The van der Waals surface area contributed by atoms with E-state index in [1.165, 1.54) is 25.0 Å². The van der Waals surface area contributed by atoms with E-state index < -0.39 is 10.7 Å². The van der Waals surface area contributed by atoms with Crippen LogP contribution in [0.25, 0.3) is 0 Å². The van der Waals surface area contributed by atoms with Gasteiger partial charge >= 0.3 is 0 Å². The number of nitrogens with one attached hydrogen (secondary N) is 1. The average molecular weight is 280 g/mol. The molecule has 20 heavy (non-hydrogen) atoms. The van der Waals surface area contributed by atoms with Gasteiger partial charge in [0, 0.05) is 18.7 Å². The minimum atomic E-state index is -0.558. The fourth-order valence-corrected chi connectivity index (χ4v) is 2.96. The lowest BCUT2D eigenvalue weighted by Gasteiger charge is -2.34. The van der Waals surface area contributed by atoms with E-state index >= 15 is 0 Å². The third kappa shape index (κ3) is 3.54. The molecule has 1 aliphatic carbocycles. The number of benzene rings is 1. The molecule has 1 fully saturated rings. The van der Waals surface area contributed by atoms with Crippen molar-refractivity contribution in [2.24, 2.45) is 11.8 Å². The Hall–Kier alpha value is -1.49. The fraction of sp³-hybridized carbons (Fsp3) is 0.600. The number of non-ortho nitro benzene ring substituents is 1. The summed E-state index contributed by atoms with van der Waals surface area (Å²) in [5.41, 5.74) is 0.439. The highest BCUT2D eigenvalue weighted by Gasteiger charge is 2.26. The highest BCUT2D eigenvalue weighted by atomic mass is 19.1. The zero-order valence-electron chi connectivity index (χ0n) is 11.9. The van der Waals surface area contributed by atoms with Crippen LogP contribution in [0.5, 0.6) is 0 Å². The Morgan fingerprint density at radius 3 is 2.80 bits per heavy atom. The van der Waals surface area contributed by atoms with E-state index in [9.17, 15) is 14.5 Å². The van der Waals surface area contributed by atoms with Gasteiger partial charge in [-0.3, -0.25) is 10.1 Å². The summed E-state index contributed by atoms with van der Waals surface area (Å²) in [4.78, 5) is 10.2. The summed E-state index contributed by atoms with van der Waals surface area (Å²) < 4.78 is 13.4. The Morgan fingerprint density at radius 1 is 1.35 bits per heavy atom. The lowest BCUT2D eigenvalue weighted by molar-refractivity contribution is -0.385. The maximum atomic E-state index is 13.4.